The quantitative estimate of drug-likeness (QED) is 0.445. The van der Waals surface area contributed by atoms with Gasteiger partial charge in [-0.1, -0.05) is 0 Å². The second-order valence-electron chi connectivity index (χ2n) is 1.87. The molecule has 0 amide bonds. The van der Waals surface area contributed by atoms with Gasteiger partial charge in [0.05, 0.1) is 0 Å². The molecular weight excluding hydrogens is 250 g/mol. The third-order valence-corrected chi connectivity index (χ3v) is 6.36. The Hall–Kier alpha value is 0.359. The first-order valence-electron chi connectivity index (χ1n) is 3.64. The van der Waals surface area contributed by atoms with Crippen molar-refractivity contribution in [2.75, 3.05) is 0 Å². The van der Waals surface area contributed by atoms with E-state index in [0.29, 0.717) is 0 Å². The molecule has 76 valence electrons. The van der Waals surface area contributed by atoms with Gasteiger partial charge in [-0.3, -0.25) is 0 Å². The molecule has 0 rings (SSSR count). The Morgan fingerprint density at radius 3 is 1.33 bits per heavy atom. The minimum absolute atomic E-state index is 0.0556. The zero-order valence-corrected chi connectivity index (χ0v) is 10.1. The van der Waals surface area contributed by atoms with Gasteiger partial charge in [-0.25, -0.2) is 8.42 Å². The molecule has 0 fully saturated rings. The summed E-state index contributed by atoms with van der Waals surface area (Å²) >= 11 is -0.0556. The maximum atomic E-state index is 10.1. The summed E-state index contributed by atoms with van der Waals surface area (Å²) in [6.07, 6.45) is 0. The summed E-state index contributed by atoms with van der Waals surface area (Å²) in [5, 5.41) is 4.44. The summed E-state index contributed by atoms with van der Waals surface area (Å²) in [6, 6.07) is 0. The van der Waals surface area contributed by atoms with E-state index >= 15 is 0 Å². The number of hydrogen-bond acceptors (Lipinski definition) is 3. The Morgan fingerprint density at radius 2 is 1.33 bits per heavy atom. The van der Waals surface area contributed by atoms with Crippen molar-refractivity contribution < 1.29 is 16.9 Å². The molecule has 0 aromatic heterocycles. The normalized spacial score (nSPS) is 10.8. The molecule has 0 saturated carbocycles. The van der Waals surface area contributed by atoms with E-state index in [9.17, 15) is 3.89 Å². The molecule has 12 heavy (non-hydrogen) atoms. The Labute approximate surface area is 78.3 Å². The van der Waals surface area contributed by atoms with Gasteiger partial charge in [-0.15, -0.1) is 3.89 Å². The second-order valence-corrected chi connectivity index (χ2v) is 8.86. The molecular formula is C6H15FO3SSe. The predicted octanol–water partition coefficient (Wildman–Crippen LogP) is 1.96. The minimum Gasteiger partial charge on any atom is -0.722 e. The zero-order valence-electron chi connectivity index (χ0n) is 7.54. The van der Waals surface area contributed by atoms with Crippen molar-refractivity contribution in [3.8, 4) is 0 Å². The van der Waals surface area contributed by atoms with E-state index in [2.05, 4.69) is 20.8 Å². The number of hydrogen-bond donors (Lipinski definition) is 0. The number of rotatable bonds is 3. The average molecular weight is 265 g/mol. The molecule has 0 aliphatic heterocycles. The van der Waals surface area contributed by atoms with Crippen molar-refractivity contribution in [1.29, 1.82) is 0 Å². The van der Waals surface area contributed by atoms with Crippen molar-refractivity contribution in [3.05, 3.63) is 0 Å². The monoisotopic (exact) mass is 266 g/mol. The molecule has 0 bridgehead atoms. The Balaban J connectivity index is 0. The van der Waals surface area contributed by atoms with Gasteiger partial charge in [-0.05, 0) is 0 Å². The summed E-state index contributed by atoms with van der Waals surface area (Å²) in [4.78, 5) is 0. The summed E-state index contributed by atoms with van der Waals surface area (Å²) in [5.74, 6) is 0. The molecule has 0 unspecified atom stereocenters. The molecule has 0 aliphatic carbocycles. The molecule has 0 aromatic rings. The van der Waals surface area contributed by atoms with Gasteiger partial charge in [0.25, 0.3) is 10.5 Å². The van der Waals surface area contributed by atoms with Crippen molar-refractivity contribution >= 4 is 24.4 Å². The van der Waals surface area contributed by atoms with Gasteiger partial charge in [0.15, 0.2) is 0 Å². The summed E-state index contributed by atoms with van der Waals surface area (Å²) in [5.41, 5.74) is 0. The van der Waals surface area contributed by atoms with Crippen molar-refractivity contribution in [1.82, 2.24) is 0 Å². The van der Waals surface area contributed by atoms with E-state index in [1.54, 1.807) is 0 Å². The standard InChI is InChI=1S/C6H15Se.FHO3S/c1-4-7(5-2)6-3;1-5(2,3)4/h4-6H2,1-3H3;(H,2,3,4)/q+1;/p-1. The Morgan fingerprint density at radius 1 is 1.17 bits per heavy atom. The van der Waals surface area contributed by atoms with Crippen LogP contribution in [0.1, 0.15) is 20.8 Å². The summed E-state index contributed by atoms with van der Waals surface area (Å²) in [7, 11) is -5.42. The summed E-state index contributed by atoms with van der Waals surface area (Å²) < 4.78 is 35.3. The van der Waals surface area contributed by atoms with E-state index in [0.717, 1.165) is 0 Å². The SMILES string of the molecule is CC[Se+](CC)CC.O=S(=O)([O-])F. The third-order valence-electron chi connectivity index (χ3n) is 1.22. The second kappa shape index (κ2) is 7.98. The van der Waals surface area contributed by atoms with Crippen LogP contribution in [-0.2, 0) is 10.5 Å². The van der Waals surface area contributed by atoms with Gasteiger partial charge < -0.3 is 4.55 Å². The smallest absolute Gasteiger partial charge is 0.255 e. The molecule has 0 aromatic carbocycles. The Kier molecular flexibility index (Phi) is 9.88. The van der Waals surface area contributed by atoms with E-state index in [1.165, 1.54) is 16.0 Å². The van der Waals surface area contributed by atoms with E-state index in [1.807, 2.05) is 0 Å². The first-order chi connectivity index (χ1) is 5.35. The van der Waals surface area contributed by atoms with Crippen LogP contribution in [0.25, 0.3) is 0 Å². The number of halogens is 1. The Bertz CT molecular complexity index is 164. The van der Waals surface area contributed by atoms with Crippen LogP contribution < -0.4 is 0 Å². The van der Waals surface area contributed by atoms with Crippen LogP contribution in [0.5, 0.6) is 0 Å². The minimum atomic E-state index is -5.42. The zero-order chi connectivity index (χ0) is 10.2. The van der Waals surface area contributed by atoms with Gasteiger partial charge in [-0.2, -0.15) is 0 Å². The van der Waals surface area contributed by atoms with Crippen LogP contribution in [0, 0.1) is 0 Å². The molecule has 0 radical (unpaired) electrons. The van der Waals surface area contributed by atoms with Gasteiger partial charge in [0, 0.05) is 0 Å². The van der Waals surface area contributed by atoms with Gasteiger partial charge >= 0.3 is 50.6 Å². The van der Waals surface area contributed by atoms with Crippen LogP contribution in [0.15, 0.2) is 0 Å². The predicted molar refractivity (Wildman–Crippen MR) is 48.0 cm³/mol. The summed E-state index contributed by atoms with van der Waals surface area (Å²) in [6.45, 7) is 6.95. The van der Waals surface area contributed by atoms with Crippen LogP contribution in [0.2, 0.25) is 16.0 Å². The molecule has 6 heteroatoms. The fourth-order valence-electron chi connectivity index (χ4n) is 0.612. The van der Waals surface area contributed by atoms with Crippen LogP contribution >= 0.6 is 0 Å². The topological polar surface area (TPSA) is 57.2 Å². The molecule has 0 saturated heterocycles. The first kappa shape index (κ1) is 14.9. The van der Waals surface area contributed by atoms with E-state index in [-0.39, 0.29) is 13.9 Å². The molecule has 0 atom stereocenters. The van der Waals surface area contributed by atoms with Crippen LogP contribution in [-0.4, -0.2) is 26.9 Å². The van der Waals surface area contributed by atoms with Crippen molar-refractivity contribution in [2.45, 2.75) is 36.7 Å². The third kappa shape index (κ3) is 22.4. The average Bonchev–Trinajstić information content (AvgIpc) is 1.88. The van der Waals surface area contributed by atoms with Crippen LogP contribution in [0.3, 0.4) is 0 Å². The maximum absolute atomic E-state index is 10.1. The first-order valence-corrected chi connectivity index (χ1v) is 8.58. The van der Waals surface area contributed by atoms with Crippen molar-refractivity contribution in [3.63, 3.8) is 0 Å². The van der Waals surface area contributed by atoms with Gasteiger partial charge in [0.2, 0.25) is 0 Å². The molecule has 0 spiro atoms. The maximum Gasteiger partial charge on any atom is 0.255 e. The molecule has 0 N–H and O–H groups in total. The van der Waals surface area contributed by atoms with Crippen molar-refractivity contribution in [2.24, 2.45) is 0 Å². The fourth-order valence-corrected chi connectivity index (χ4v) is 3.18. The van der Waals surface area contributed by atoms with Gasteiger partial charge in [0.1, 0.15) is 0 Å². The van der Waals surface area contributed by atoms with Crippen LogP contribution in [0.4, 0.5) is 3.89 Å². The molecule has 3 nitrogen and oxygen atoms in total. The molecule has 0 aliphatic rings. The fraction of sp³-hybridized carbons (Fsp3) is 1.00. The molecule has 0 heterocycles. The van der Waals surface area contributed by atoms with E-state index in [4.69, 9.17) is 13.0 Å². The largest absolute Gasteiger partial charge is 0.722 e. The van der Waals surface area contributed by atoms with E-state index < -0.39 is 10.5 Å².